The van der Waals surface area contributed by atoms with Crippen LogP contribution >= 0.6 is 0 Å². The van der Waals surface area contributed by atoms with E-state index in [0.717, 1.165) is 0 Å². The van der Waals surface area contributed by atoms with Crippen LogP contribution in [0.25, 0.3) is 0 Å². The smallest absolute Gasteiger partial charge is 0.409 e. The molecule has 90 valence electrons. The van der Waals surface area contributed by atoms with Crippen molar-refractivity contribution < 1.29 is 14.7 Å². The van der Waals surface area contributed by atoms with Gasteiger partial charge in [-0.25, -0.2) is 4.79 Å². The molecule has 0 radical (unpaired) electrons. The van der Waals surface area contributed by atoms with Crippen LogP contribution in [0.2, 0.25) is 0 Å². The molecule has 2 aromatic rings. The van der Waals surface area contributed by atoms with E-state index in [1.807, 2.05) is 0 Å². The Labute approximate surface area is 103 Å². The topological polar surface area (TPSA) is 79.3 Å². The van der Waals surface area contributed by atoms with E-state index in [-0.39, 0.29) is 17.0 Å². The Kier molecular flexibility index (Phi) is 3.33. The minimum atomic E-state index is -1.23. The highest BCUT2D eigenvalue weighted by molar-refractivity contribution is 6.13. The molecule has 0 aliphatic carbocycles. The lowest BCUT2D eigenvalue weighted by atomic mass is 10.0. The van der Waals surface area contributed by atoms with Crippen molar-refractivity contribution in [3.63, 3.8) is 0 Å². The zero-order valence-corrected chi connectivity index (χ0v) is 9.33. The van der Waals surface area contributed by atoms with Crippen LogP contribution in [0.4, 0.5) is 10.5 Å². The highest BCUT2D eigenvalue weighted by atomic mass is 16.4. The maximum Gasteiger partial charge on any atom is 0.409 e. The fraction of sp³-hybridized carbons (Fsp3) is 0. The Bertz CT molecular complexity index is 582. The number of carbonyl (C=O) groups is 2. The first-order valence-corrected chi connectivity index (χ1v) is 5.22. The van der Waals surface area contributed by atoms with Gasteiger partial charge in [-0.3, -0.25) is 15.1 Å². The summed E-state index contributed by atoms with van der Waals surface area (Å²) in [6.45, 7) is 0. The first-order valence-electron chi connectivity index (χ1n) is 5.22. The summed E-state index contributed by atoms with van der Waals surface area (Å²) in [7, 11) is 0. The summed E-state index contributed by atoms with van der Waals surface area (Å²) in [5, 5.41) is 10.9. The number of aromatic nitrogens is 1. The average Bonchev–Trinajstić information content (AvgIpc) is 2.39. The molecule has 0 bridgehead atoms. The third-order valence-corrected chi connectivity index (χ3v) is 2.34. The summed E-state index contributed by atoms with van der Waals surface area (Å²) < 4.78 is 0. The van der Waals surface area contributed by atoms with Crippen LogP contribution in [0.1, 0.15) is 15.9 Å². The zero-order chi connectivity index (χ0) is 13.0. The first kappa shape index (κ1) is 11.8. The van der Waals surface area contributed by atoms with E-state index < -0.39 is 6.09 Å². The Balaban J connectivity index is 2.39. The first-order chi connectivity index (χ1) is 8.68. The Hall–Kier alpha value is -2.69. The maximum atomic E-state index is 12.2. The van der Waals surface area contributed by atoms with E-state index in [1.54, 1.807) is 30.3 Å². The van der Waals surface area contributed by atoms with Gasteiger partial charge in [-0.15, -0.1) is 0 Å². The molecular formula is C13H10N2O3. The molecule has 1 aromatic heterocycles. The van der Waals surface area contributed by atoms with E-state index in [0.29, 0.717) is 5.56 Å². The molecule has 0 saturated carbocycles. The van der Waals surface area contributed by atoms with Gasteiger partial charge in [-0.2, -0.15) is 0 Å². The summed E-state index contributed by atoms with van der Waals surface area (Å²) in [6, 6.07) is 10.1. The number of nitrogens with zero attached hydrogens (tertiary/aromatic N) is 1. The number of carbonyl (C=O) groups excluding carboxylic acids is 1. The van der Waals surface area contributed by atoms with Crippen LogP contribution in [-0.4, -0.2) is 22.0 Å². The van der Waals surface area contributed by atoms with Crippen molar-refractivity contribution in [1.82, 2.24) is 4.98 Å². The third kappa shape index (κ3) is 2.52. The SMILES string of the molecule is O=C(O)Nc1cnccc1C(=O)c1ccccc1. The average molecular weight is 242 g/mol. The summed E-state index contributed by atoms with van der Waals surface area (Å²) >= 11 is 0. The fourth-order valence-electron chi connectivity index (χ4n) is 1.55. The van der Waals surface area contributed by atoms with Crippen LogP contribution < -0.4 is 5.32 Å². The van der Waals surface area contributed by atoms with E-state index in [4.69, 9.17) is 5.11 Å². The summed E-state index contributed by atoms with van der Waals surface area (Å²) in [6.07, 6.45) is 1.53. The van der Waals surface area contributed by atoms with E-state index in [2.05, 4.69) is 10.3 Å². The Morgan fingerprint density at radius 3 is 2.50 bits per heavy atom. The quantitative estimate of drug-likeness (QED) is 0.810. The van der Waals surface area contributed by atoms with Gasteiger partial charge in [-0.1, -0.05) is 30.3 Å². The predicted octanol–water partition coefficient (Wildman–Crippen LogP) is 2.40. The predicted molar refractivity (Wildman–Crippen MR) is 65.8 cm³/mol. The molecule has 0 aliphatic heterocycles. The number of benzene rings is 1. The van der Waals surface area contributed by atoms with Crippen molar-refractivity contribution in [3.05, 3.63) is 59.9 Å². The van der Waals surface area contributed by atoms with Crippen molar-refractivity contribution in [2.45, 2.75) is 0 Å². The van der Waals surface area contributed by atoms with Gasteiger partial charge < -0.3 is 5.11 Å². The highest BCUT2D eigenvalue weighted by Gasteiger charge is 2.14. The summed E-state index contributed by atoms with van der Waals surface area (Å²) in [5.41, 5.74) is 0.953. The molecule has 2 N–H and O–H groups in total. The minimum Gasteiger partial charge on any atom is -0.465 e. The van der Waals surface area contributed by atoms with Gasteiger partial charge in [0.1, 0.15) is 0 Å². The van der Waals surface area contributed by atoms with Gasteiger partial charge in [0.2, 0.25) is 0 Å². The second-order valence-corrected chi connectivity index (χ2v) is 3.55. The normalized spacial score (nSPS) is 9.78. The number of hydrogen-bond donors (Lipinski definition) is 2. The lowest BCUT2D eigenvalue weighted by Gasteiger charge is -2.07. The van der Waals surface area contributed by atoms with Crippen molar-refractivity contribution in [3.8, 4) is 0 Å². The fourth-order valence-corrected chi connectivity index (χ4v) is 1.55. The molecule has 0 atom stereocenters. The van der Waals surface area contributed by atoms with Gasteiger partial charge in [0.25, 0.3) is 0 Å². The third-order valence-electron chi connectivity index (χ3n) is 2.34. The van der Waals surface area contributed by atoms with Crippen molar-refractivity contribution in [2.75, 3.05) is 5.32 Å². The Morgan fingerprint density at radius 2 is 1.83 bits per heavy atom. The number of ketones is 1. The number of rotatable bonds is 3. The van der Waals surface area contributed by atoms with Gasteiger partial charge in [0, 0.05) is 17.3 Å². The molecule has 5 nitrogen and oxygen atoms in total. The largest absolute Gasteiger partial charge is 0.465 e. The number of carboxylic acid groups (broad SMARTS) is 1. The van der Waals surface area contributed by atoms with Gasteiger partial charge in [0.05, 0.1) is 11.9 Å². The monoisotopic (exact) mass is 242 g/mol. The molecule has 0 aliphatic rings. The van der Waals surface area contributed by atoms with Crippen LogP contribution in [-0.2, 0) is 0 Å². The number of hydrogen-bond acceptors (Lipinski definition) is 3. The molecule has 2 rings (SSSR count). The van der Waals surface area contributed by atoms with Gasteiger partial charge >= 0.3 is 6.09 Å². The van der Waals surface area contributed by atoms with Gasteiger partial charge in [0.15, 0.2) is 5.78 Å². The molecule has 1 heterocycles. The number of anilines is 1. The molecule has 1 aromatic carbocycles. The molecule has 1 amide bonds. The lowest BCUT2D eigenvalue weighted by Crippen LogP contribution is -2.12. The van der Waals surface area contributed by atoms with Crippen LogP contribution in [0.3, 0.4) is 0 Å². The highest BCUT2D eigenvalue weighted by Crippen LogP contribution is 2.17. The van der Waals surface area contributed by atoms with E-state index in [9.17, 15) is 9.59 Å². The van der Waals surface area contributed by atoms with Crippen molar-refractivity contribution >= 4 is 17.6 Å². The zero-order valence-electron chi connectivity index (χ0n) is 9.33. The van der Waals surface area contributed by atoms with E-state index in [1.165, 1.54) is 18.5 Å². The molecule has 0 spiro atoms. The van der Waals surface area contributed by atoms with E-state index >= 15 is 0 Å². The van der Waals surface area contributed by atoms with Crippen LogP contribution in [0, 0.1) is 0 Å². The molecule has 0 unspecified atom stereocenters. The van der Waals surface area contributed by atoms with Crippen molar-refractivity contribution in [2.24, 2.45) is 0 Å². The van der Waals surface area contributed by atoms with Crippen molar-refractivity contribution in [1.29, 1.82) is 0 Å². The van der Waals surface area contributed by atoms with Crippen LogP contribution in [0.5, 0.6) is 0 Å². The number of amides is 1. The number of nitrogens with one attached hydrogen (secondary N) is 1. The molecule has 5 heteroatoms. The second kappa shape index (κ2) is 5.09. The standard InChI is InChI=1S/C13H10N2O3/c16-12(9-4-2-1-3-5-9)10-6-7-14-8-11(10)15-13(17)18/h1-8,15H,(H,17,18). The lowest BCUT2D eigenvalue weighted by molar-refractivity contribution is 0.103. The molecular weight excluding hydrogens is 232 g/mol. The molecule has 18 heavy (non-hydrogen) atoms. The second-order valence-electron chi connectivity index (χ2n) is 3.55. The molecule has 0 fully saturated rings. The maximum absolute atomic E-state index is 12.2. The summed E-state index contributed by atoms with van der Waals surface area (Å²) in [5.74, 6) is -0.248. The number of pyridine rings is 1. The van der Waals surface area contributed by atoms with Gasteiger partial charge in [-0.05, 0) is 6.07 Å². The minimum absolute atomic E-state index is 0.179. The molecule has 0 saturated heterocycles. The Morgan fingerprint density at radius 1 is 1.11 bits per heavy atom. The van der Waals surface area contributed by atoms with Crippen LogP contribution in [0.15, 0.2) is 48.8 Å². The summed E-state index contributed by atoms with van der Waals surface area (Å²) in [4.78, 5) is 26.6.